The molecule has 0 saturated carbocycles. The first-order valence-electron chi connectivity index (χ1n) is 5.72. The van der Waals surface area contributed by atoms with Gasteiger partial charge in [-0.3, -0.25) is 4.79 Å². The van der Waals surface area contributed by atoms with Crippen LogP contribution in [0, 0.1) is 17.2 Å². The largest absolute Gasteiger partial charge is 0.376 e. The van der Waals surface area contributed by atoms with Crippen LogP contribution < -0.4 is 10.6 Å². The number of nitrogens with one attached hydrogen (secondary N) is 2. The minimum atomic E-state index is -0.0535. The maximum Gasteiger partial charge on any atom is 0.239 e. The van der Waals surface area contributed by atoms with E-state index in [4.69, 9.17) is 5.26 Å². The van der Waals surface area contributed by atoms with Gasteiger partial charge in [-0.15, -0.1) is 0 Å². The molecule has 0 aliphatic rings. The fraction of sp³-hybridized carbons (Fsp3) is 0.385. The van der Waals surface area contributed by atoms with Crippen molar-refractivity contribution < 1.29 is 4.79 Å². The highest BCUT2D eigenvalue weighted by Gasteiger charge is 2.03. The van der Waals surface area contributed by atoms with Gasteiger partial charge in [-0.05, 0) is 24.1 Å². The molecular formula is C13H16BrN3O. The Labute approximate surface area is 116 Å². The van der Waals surface area contributed by atoms with Crippen molar-refractivity contribution in [3.8, 4) is 6.07 Å². The van der Waals surface area contributed by atoms with Gasteiger partial charge in [-0.25, -0.2) is 0 Å². The zero-order chi connectivity index (χ0) is 13.5. The zero-order valence-corrected chi connectivity index (χ0v) is 12.0. The first-order chi connectivity index (χ1) is 8.51. The Bertz CT molecular complexity index is 466. The molecule has 0 radical (unpaired) electrons. The third kappa shape index (κ3) is 5.19. The van der Waals surface area contributed by atoms with Gasteiger partial charge in [-0.1, -0.05) is 29.8 Å². The Kier molecular flexibility index (Phi) is 5.66. The van der Waals surface area contributed by atoms with Crippen molar-refractivity contribution in [2.75, 3.05) is 18.4 Å². The summed E-state index contributed by atoms with van der Waals surface area (Å²) in [5, 5.41) is 14.6. The lowest BCUT2D eigenvalue weighted by Gasteiger charge is -2.10. The first-order valence-corrected chi connectivity index (χ1v) is 6.52. The number of benzene rings is 1. The zero-order valence-electron chi connectivity index (χ0n) is 10.5. The summed E-state index contributed by atoms with van der Waals surface area (Å²) in [6, 6.07) is 7.33. The van der Waals surface area contributed by atoms with Crippen molar-refractivity contribution in [1.29, 1.82) is 5.26 Å². The highest BCUT2D eigenvalue weighted by Crippen LogP contribution is 2.18. The fourth-order valence-corrected chi connectivity index (χ4v) is 1.81. The van der Waals surface area contributed by atoms with Gasteiger partial charge < -0.3 is 10.6 Å². The molecule has 18 heavy (non-hydrogen) atoms. The summed E-state index contributed by atoms with van der Waals surface area (Å²) in [4.78, 5) is 11.5. The van der Waals surface area contributed by atoms with E-state index in [-0.39, 0.29) is 12.5 Å². The molecule has 0 unspecified atom stereocenters. The molecule has 0 spiro atoms. The van der Waals surface area contributed by atoms with E-state index in [1.807, 2.05) is 19.9 Å². The number of carbonyl (C=O) groups is 1. The van der Waals surface area contributed by atoms with Crippen LogP contribution in [-0.2, 0) is 4.79 Å². The van der Waals surface area contributed by atoms with Crippen molar-refractivity contribution in [3.05, 3.63) is 28.2 Å². The number of hydrogen-bond donors (Lipinski definition) is 2. The predicted molar refractivity (Wildman–Crippen MR) is 75.2 cm³/mol. The number of amides is 1. The molecule has 0 aliphatic carbocycles. The molecule has 0 aliphatic heterocycles. The number of nitriles is 1. The predicted octanol–water partition coefficient (Wildman–Crippen LogP) is 2.50. The highest BCUT2D eigenvalue weighted by atomic mass is 79.9. The van der Waals surface area contributed by atoms with Gasteiger partial charge >= 0.3 is 0 Å². The van der Waals surface area contributed by atoms with E-state index >= 15 is 0 Å². The Morgan fingerprint density at radius 3 is 2.78 bits per heavy atom. The van der Waals surface area contributed by atoms with E-state index in [1.54, 1.807) is 12.1 Å². The summed E-state index contributed by atoms with van der Waals surface area (Å²) in [6.07, 6.45) is 0. The molecule has 0 saturated heterocycles. The monoisotopic (exact) mass is 309 g/mol. The Morgan fingerprint density at radius 1 is 1.44 bits per heavy atom. The average Bonchev–Trinajstić information content (AvgIpc) is 2.33. The van der Waals surface area contributed by atoms with Crippen LogP contribution in [0.1, 0.15) is 19.4 Å². The SMILES string of the molecule is CC(C)CNC(=O)CNc1cc(Br)cc(C#N)c1. The lowest BCUT2D eigenvalue weighted by atomic mass is 10.2. The molecule has 1 rings (SSSR count). The summed E-state index contributed by atoms with van der Waals surface area (Å²) in [5.41, 5.74) is 1.30. The third-order valence-corrected chi connectivity index (χ3v) is 2.65. The van der Waals surface area contributed by atoms with Crippen LogP contribution in [0.4, 0.5) is 5.69 Å². The molecule has 2 N–H and O–H groups in total. The van der Waals surface area contributed by atoms with Crippen molar-refractivity contribution in [2.45, 2.75) is 13.8 Å². The lowest BCUT2D eigenvalue weighted by Crippen LogP contribution is -2.32. The molecule has 0 aromatic heterocycles. The summed E-state index contributed by atoms with van der Waals surface area (Å²) in [6.45, 7) is 4.96. The number of nitrogens with zero attached hydrogens (tertiary/aromatic N) is 1. The second-order valence-electron chi connectivity index (χ2n) is 4.39. The Balaban J connectivity index is 2.51. The number of halogens is 1. The van der Waals surface area contributed by atoms with E-state index < -0.39 is 0 Å². The normalized spacial score (nSPS) is 9.94. The van der Waals surface area contributed by atoms with E-state index in [1.165, 1.54) is 0 Å². The maximum absolute atomic E-state index is 11.5. The van der Waals surface area contributed by atoms with Gasteiger partial charge in [0.15, 0.2) is 0 Å². The van der Waals surface area contributed by atoms with Crippen LogP contribution in [0.2, 0.25) is 0 Å². The molecule has 0 fully saturated rings. The number of carbonyl (C=O) groups excluding carboxylic acids is 1. The van der Waals surface area contributed by atoms with Gasteiger partial charge in [0.1, 0.15) is 0 Å². The molecule has 5 heteroatoms. The Hall–Kier alpha value is -1.54. The number of hydrogen-bond acceptors (Lipinski definition) is 3. The molecule has 1 amide bonds. The summed E-state index contributed by atoms with van der Waals surface area (Å²) in [7, 11) is 0. The number of anilines is 1. The minimum absolute atomic E-state index is 0.0535. The van der Waals surface area contributed by atoms with Crippen LogP contribution >= 0.6 is 15.9 Å². The van der Waals surface area contributed by atoms with Gasteiger partial charge in [-0.2, -0.15) is 5.26 Å². The molecule has 0 heterocycles. The minimum Gasteiger partial charge on any atom is -0.376 e. The molecule has 0 atom stereocenters. The molecular weight excluding hydrogens is 294 g/mol. The smallest absolute Gasteiger partial charge is 0.239 e. The van der Waals surface area contributed by atoms with Gasteiger partial charge in [0.2, 0.25) is 5.91 Å². The van der Waals surface area contributed by atoms with Gasteiger partial charge in [0.25, 0.3) is 0 Å². The van der Waals surface area contributed by atoms with Crippen LogP contribution in [0.5, 0.6) is 0 Å². The third-order valence-electron chi connectivity index (χ3n) is 2.19. The summed E-state index contributed by atoms with van der Waals surface area (Å²) >= 11 is 3.32. The Morgan fingerprint density at radius 2 is 2.17 bits per heavy atom. The fourth-order valence-electron chi connectivity index (χ4n) is 1.32. The van der Waals surface area contributed by atoms with Crippen LogP contribution in [0.15, 0.2) is 22.7 Å². The molecule has 96 valence electrons. The second kappa shape index (κ2) is 7.02. The van der Waals surface area contributed by atoms with Crippen LogP contribution in [-0.4, -0.2) is 19.0 Å². The molecule has 1 aromatic rings. The van der Waals surface area contributed by atoms with E-state index in [9.17, 15) is 4.79 Å². The van der Waals surface area contributed by atoms with Crippen LogP contribution in [0.3, 0.4) is 0 Å². The summed E-state index contributed by atoms with van der Waals surface area (Å²) < 4.78 is 0.812. The highest BCUT2D eigenvalue weighted by molar-refractivity contribution is 9.10. The second-order valence-corrected chi connectivity index (χ2v) is 5.31. The quantitative estimate of drug-likeness (QED) is 0.878. The van der Waals surface area contributed by atoms with Crippen molar-refractivity contribution in [2.24, 2.45) is 5.92 Å². The van der Waals surface area contributed by atoms with E-state index in [2.05, 4.69) is 32.6 Å². The maximum atomic E-state index is 11.5. The van der Waals surface area contributed by atoms with E-state index in [0.29, 0.717) is 18.0 Å². The van der Waals surface area contributed by atoms with Gasteiger partial charge in [0.05, 0.1) is 18.2 Å². The summed E-state index contributed by atoms with van der Waals surface area (Å²) in [5.74, 6) is 0.382. The first kappa shape index (κ1) is 14.5. The van der Waals surface area contributed by atoms with Crippen molar-refractivity contribution in [1.82, 2.24) is 5.32 Å². The topological polar surface area (TPSA) is 64.9 Å². The molecule has 0 bridgehead atoms. The van der Waals surface area contributed by atoms with E-state index in [0.717, 1.165) is 10.2 Å². The molecule has 1 aromatic carbocycles. The standard InChI is InChI=1S/C13H16BrN3O/c1-9(2)7-17-13(18)8-16-12-4-10(6-15)3-11(14)5-12/h3-5,9,16H,7-8H2,1-2H3,(H,17,18). The number of rotatable bonds is 5. The molecule has 4 nitrogen and oxygen atoms in total. The average molecular weight is 310 g/mol. The lowest BCUT2D eigenvalue weighted by molar-refractivity contribution is -0.119. The van der Waals surface area contributed by atoms with Crippen LogP contribution in [0.25, 0.3) is 0 Å². The van der Waals surface area contributed by atoms with Crippen molar-refractivity contribution >= 4 is 27.5 Å². The van der Waals surface area contributed by atoms with Gasteiger partial charge in [0, 0.05) is 16.7 Å². The van der Waals surface area contributed by atoms with Crippen molar-refractivity contribution in [3.63, 3.8) is 0 Å².